The van der Waals surface area contributed by atoms with Gasteiger partial charge in [-0.1, -0.05) is 19.9 Å². The van der Waals surface area contributed by atoms with E-state index >= 15 is 0 Å². The molecule has 0 fully saturated rings. The van der Waals surface area contributed by atoms with Crippen LogP contribution in [0.5, 0.6) is 0 Å². The number of halogens is 2. The highest BCUT2D eigenvalue weighted by Crippen LogP contribution is 2.20. The van der Waals surface area contributed by atoms with Crippen LogP contribution in [0, 0.1) is 17.6 Å². The third kappa shape index (κ3) is 4.50. The molecular weight excluding hydrogens is 288 g/mol. The number of nitrogens with one attached hydrogen (secondary N) is 1. The minimum atomic E-state index is -4.35. The van der Waals surface area contributed by atoms with Crippen molar-refractivity contribution >= 4 is 10.0 Å². The minimum absolute atomic E-state index is 0.153. The Kier molecular flexibility index (Phi) is 5.23. The van der Waals surface area contributed by atoms with Gasteiger partial charge in [0.1, 0.15) is 11.6 Å². The summed E-state index contributed by atoms with van der Waals surface area (Å²) in [6.45, 7) is 4.90. The Morgan fingerprint density at radius 1 is 1.30 bits per heavy atom. The summed E-state index contributed by atoms with van der Waals surface area (Å²) in [7, 11) is -4.35. The highest BCUT2D eigenvalue weighted by Gasteiger charge is 2.28. The first kappa shape index (κ1) is 17.0. The largest absolute Gasteiger partial charge is 0.389 e. The maximum absolute atomic E-state index is 13.5. The molecule has 0 radical (unpaired) electrons. The third-order valence-electron chi connectivity index (χ3n) is 2.68. The first-order chi connectivity index (χ1) is 9.05. The van der Waals surface area contributed by atoms with E-state index < -0.39 is 32.2 Å². The summed E-state index contributed by atoms with van der Waals surface area (Å²) in [5.74, 6) is -2.18. The Labute approximate surface area is 117 Å². The maximum Gasteiger partial charge on any atom is 0.246 e. The summed E-state index contributed by atoms with van der Waals surface area (Å²) in [6.07, 6.45) is 0.356. The number of hydrogen-bond donors (Lipinski definition) is 2. The molecule has 0 spiro atoms. The van der Waals surface area contributed by atoms with Gasteiger partial charge < -0.3 is 5.11 Å². The van der Waals surface area contributed by atoms with Crippen molar-refractivity contribution in [2.24, 2.45) is 5.92 Å². The molecule has 0 aromatic heterocycles. The second-order valence-electron chi connectivity index (χ2n) is 5.47. The van der Waals surface area contributed by atoms with Crippen LogP contribution in [0.3, 0.4) is 0 Å². The predicted molar refractivity (Wildman–Crippen MR) is 71.6 cm³/mol. The first-order valence-corrected chi connectivity index (χ1v) is 7.69. The van der Waals surface area contributed by atoms with Gasteiger partial charge in [-0.25, -0.2) is 21.9 Å². The van der Waals surface area contributed by atoms with Crippen LogP contribution in [0.2, 0.25) is 0 Å². The van der Waals surface area contributed by atoms with Gasteiger partial charge in [0.15, 0.2) is 4.90 Å². The average Bonchev–Trinajstić information content (AvgIpc) is 2.24. The van der Waals surface area contributed by atoms with Gasteiger partial charge in [0.2, 0.25) is 10.0 Å². The molecule has 7 heteroatoms. The fourth-order valence-electron chi connectivity index (χ4n) is 2.01. The second-order valence-corrected chi connectivity index (χ2v) is 7.17. The molecule has 0 aliphatic carbocycles. The van der Waals surface area contributed by atoms with Crippen LogP contribution in [0.15, 0.2) is 23.1 Å². The molecule has 0 amide bonds. The van der Waals surface area contributed by atoms with Crippen LogP contribution in [-0.2, 0) is 10.0 Å². The lowest BCUT2D eigenvalue weighted by Gasteiger charge is -2.25. The molecular formula is C13H19F2NO3S. The summed E-state index contributed by atoms with van der Waals surface area (Å²) in [5, 5.41) is 10.0. The molecule has 1 atom stereocenters. The van der Waals surface area contributed by atoms with Crippen molar-refractivity contribution in [3.63, 3.8) is 0 Å². The Bertz CT molecular complexity index is 551. The minimum Gasteiger partial charge on any atom is -0.389 e. The van der Waals surface area contributed by atoms with Crippen molar-refractivity contribution < 1.29 is 22.3 Å². The van der Waals surface area contributed by atoms with Gasteiger partial charge in [-0.2, -0.15) is 0 Å². The van der Waals surface area contributed by atoms with E-state index in [4.69, 9.17) is 0 Å². The standard InChI is InChI=1S/C13H19F2NO3S/c1-9(2)7-13(3,17)8-16-20(18,19)12-10(14)5-4-6-11(12)15/h4-6,9,16-17H,7-8H2,1-3H3. The number of rotatable bonds is 6. The van der Waals surface area contributed by atoms with Crippen LogP contribution >= 0.6 is 0 Å². The lowest BCUT2D eigenvalue weighted by molar-refractivity contribution is 0.0436. The van der Waals surface area contributed by atoms with E-state index in [-0.39, 0.29) is 12.5 Å². The molecule has 0 bridgehead atoms. The Hall–Kier alpha value is -1.05. The number of benzene rings is 1. The van der Waals surface area contributed by atoms with E-state index in [0.29, 0.717) is 6.42 Å². The van der Waals surface area contributed by atoms with Crippen LogP contribution in [0.4, 0.5) is 8.78 Å². The van der Waals surface area contributed by atoms with Gasteiger partial charge >= 0.3 is 0 Å². The van der Waals surface area contributed by atoms with E-state index in [0.717, 1.165) is 18.2 Å². The second kappa shape index (κ2) is 6.15. The molecule has 0 saturated heterocycles. The van der Waals surface area contributed by atoms with E-state index in [1.165, 1.54) is 6.92 Å². The van der Waals surface area contributed by atoms with Gasteiger partial charge in [0, 0.05) is 6.54 Å². The lowest BCUT2D eigenvalue weighted by atomic mass is 9.95. The van der Waals surface area contributed by atoms with Gasteiger partial charge in [0.05, 0.1) is 5.60 Å². The molecule has 0 aliphatic rings. The number of sulfonamides is 1. The molecule has 1 rings (SSSR count). The molecule has 0 saturated carbocycles. The lowest BCUT2D eigenvalue weighted by Crippen LogP contribution is -2.41. The molecule has 114 valence electrons. The molecule has 0 aliphatic heterocycles. The van der Waals surface area contributed by atoms with Crippen molar-refractivity contribution in [1.82, 2.24) is 4.72 Å². The fraction of sp³-hybridized carbons (Fsp3) is 0.538. The quantitative estimate of drug-likeness (QED) is 0.845. The summed E-state index contributed by atoms with van der Waals surface area (Å²) < 4.78 is 52.8. The fourth-order valence-corrected chi connectivity index (χ4v) is 3.31. The topological polar surface area (TPSA) is 66.4 Å². The van der Waals surface area contributed by atoms with Crippen molar-refractivity contribution in [3.05, 3.63) is 29.8 Å². The van der Waals surface area contributed by atoms with Gasteiger partial charge in [-0.05, 0) is 31.4 Å². The van der Waals surface area contributed by atoms with Crippen LogP contribution in [0.25, 0.3) is 0 Å². The Morgan fingerprint density at radius 2 is 1.80 bits per heavy atom. The number of hydrogen-bond acceptors (Lipinski definition) is 3. The molecule has 20 heavy (non-hydrogen) atoms. The molecule has 0 heterocycles. The monoisotopic (exact) mass is 307 g/mol. The average molecular weight is 307 g/mol. The van der Waals surface area contributed by atoms with E-state index in [1.54, 1.807) is 0 Å². The SMILES string of the molecule is CC(C)CC(C)(O)CNS(=O)(=O)c1c(F)cccc1F. The van der Waals surface area contributed by atoms with Crippen molar-refractivity contribution in [2.45, 2.75) is 37.7 Å². The maximum atomic E-state index is 13.5. The highest BCUT2D eigenvalue weighted by atomic mass is 32.2. The summed E-state index contributed by atoms with van der Waals surface area (Å²) in [4.78, 5) is -1.03. The Balaban J connectivity index is 2.92. The third-order valence-corrected chi connectivity index (χ3v) is 4.13. The van der Waals surface area contributed by atoms with E-state index in [2.05, 4.69) is 0 Å². The normalized spacial score (nSPS) is 15.3. The highest BCUT2D eigenvalue weighted by molar-refractivity contribution is 7.89. The summed E-state index contributed by atoms with van der Waals surface area (Å²) in [5.41, 5.74) is -1.29. The van der Waals surface area contributed by atoms with Crippen molar-refractivity contribution in [3.8, 4) is 0 Å². The zero-order chi connectivity index (χ0) is 15.6. The molecule has 1 aromatic rings. The van der Waals surface area contributed by atoms with Crippen molar-refractivity contribution in [1.29, 1.82) is 0 Å². The Morgan fingerprint density at radius 3 is 2.25 bits per heavy atom. The smallest absolute Gasteiger partial charge is 0.246 e. The van der Waals surface area contributed by atoms with Crippen molar-refractivity contribution in [2.75, 3.05) is 6.54 Å². The zero-order valence-corrected chi connectivity index (χ0v) is 12.5. The number of aliphatic hydroxyl groups is 1. The van der Waals surface area contributed by atoms with E-state index in [1.807, 2.05) is 18.6 Å². The molecule has 2 N–H and O–H groups in total. The molecule has 4 nitrogen and oxygen atoms in total. The van der Waals surface area contributed by atoms with E-state index in [9.17, 15) is 22.3 Å². The summed E-state index contributed by atoms with van der Waals surface area (Å²) in [6, 6.07) is 2.81. The van der Waals surface area contributed by atoms with Gasteiger partial charge in [-0.3, -0.25) is 0 Å². The van der Waals surface area contributed by atoms with Crippen LogP contribution in [0.1, 0.15) is 27.2 Å². The zero-order valence-electron chi connectivity index (χ0n) is 11.7. The van der Waals surface area contributed by atoms with Gasteiger partial charge in [0.25, 0.3) is 0 Å². The van der Waals surface area contributed by atoms with Crippen LogP contribution in [-0.4, -0.2) is 25.7 Å². The summed E-state index contributed by atoms with van der Waals surface area (Å²) >= 11 is 0. The molecule has 1 unspecified atom stereocenters. The molecule has 1 aromatic carbocycles. The van der Waals surface area contributed by atoms with Gasteiger partial charge in [-0.15, -0.1) is 0 Å². The predicted octanol–water partition coefficient (Wildman–Crippen LogP) is 2.04. The van der Waals surface area contributed by atoms with Crippen LogP contribution < -0.4 is 4.72 Å². The first-order valence-electron chi connectivity index (χ1n) is 6.21.